The summed E-state index contributed by atoms with van der Waals surface area (Å²) in [6.45, 7) is 4.64. The number of thiazole rings is 1. The number of ether oxygens (including phenoxy) is 1. The fourth-order valence-electron chi connectivity index (χ4n) is 3.13. The molecule has 0 aliphatic heterocycles. The molecule has 0 saturated heterocycles. The van der Waals surface area contributed by atoms with Gasteiger partial charge in [0, 0.05) is 22.0 Å². The SMILES string of the molecule is CCn1c(SCC(=O)Nc2nc(-c3ccc(Br)cc3)cs2)nnc1[C@H](C)Oc1ccccc1. The van der Waals surface area contributed by atoms with Crippen molar-refractivity contribution in [3.63, 3.8) is 0 Å². The molecular formula is C23H22BrN5O2S2. The summed E-state index contributed by atoms with van der Waals surface area (Å²) < 4.78 is 8.97. The monoisotopic (exact) mass is 543 g/mol. The summed E-state index contributed by atoms with van der Waals surface area (Å²) in [6.07, 6.45) is -0.268. The minimum absolute atomic E-state index is 0.141. The normalized spacial score (nSPS) is 11.8. The largest absolute Gasteiger partial charge is 0.483 e. The maximum atomic E-state index is 12.5. The Balaban J connectivity index is 1.35. The van der Waals surface area contributed by atoms with Crippen LogP contribution in [0.2, 0.25) is 0 Å². The number of rotatable bonds is 9. The summed E-state index contributed by atoms with van der Waals surface area (Å²) >= 11 is 6.17. The number of halogens is 1. The third-order valence-electron chi connectivity index (χ3n) is 4.70. The van der Waals surface area contributed by atoms with Crippen LogP contribution in [-0.2, 0) is 11.3 Å². The standard InChI is InChI=1S/C23H22BrN5O2S2/c1-3-29-21(15(2)31-18-7-5-4-6-8-18)27-28-23(29)33-14-20(30)26-22-25-19(13-32-22)16-9-11-17(24)12-10-16/h4-13,15H,3,14H2,1-2H3,(H,25,26,30)/t15-/m0/s1. The lowest BCUT2D eigenvalue weighted by atomic mass is 10.2. The van der Waals surface area contributed by atoms with Crippen molar-refractivity contribution in [2.45, 2.75) is 31.7 Å². The second kappa shape index (κ2) is 11.0. The van der Waals surface area contributed by atoms with Crippen LogP contribution in [0.5, 0.6) is 5.75 Å². The van der Waals surface area contributed by atoms with Crippen molar-refractivity contribution in [3.05, 3.63) is 70.3 Å². The molecule has 0 aliphatic rings. The number of carbonyl (C=O) groups is 1. The summed E-state index contributed by atoms with van der Waals surface area (Å²) in [7, 11) is 0. The highest BCUT2D eigenvalue weighted by Gasteiger charge is 2.19. The third kappa shape index (κ3) is 6.01. The van der Waals surface area contributed by atoms with E-state index in [9.17, 15) is 4.79 Å². The molecule has 1 N–H and O–H groups in total. The Bertz CT molecular complexity index is 1210. The van der Waals surface area contributed by atoms with Crippen LogP contribution in [0.15, 0.2) is 69.6 Å². The van der Waals surface area contributed by atoms with Crippen LogP contribution in [0.1, 0.15) is 25.8 Å². The quantitative estimate of drug-likeness (QED) is 0.258. The van der Waals surface area contributed by atoms with Crippen LogP contribution in [0.4, 0.5) is 5.13 Å². The molecule has 33 heavy (non-hydrogen) atoms. The van der Waals surface area contributed by atoms with E-state index in [2.05, 4.69) is 36.4 Å². The number of amides is 1. The maximum absolute atomic E-state index is 12.5. The number of anilines is 1. The van der Waals surface area contributed by atoms with Gasteiger partial charge in [-0.15, -0.1) is 21.5 Å². The Morgan fingerprint density at radius 2 is 1.94 bits per heavy atom. The molecule has 0 fully saturated rings. The van der Waals surface area contributed by atoms with E-state index in [1.54, 1.807) is 0 Å². The molecule has 0 unspecified atom stereocenters. The molecule has 170 valence electrons. The van der Waals surface area contributed by atoms with Gasteiger partial charge in [-0.25, -0.2) is 4.98 Å². The van der Waals surface area contributed by atoms with E-state index >= 15 is 0 Å². The van der Waals surface area contributed by atoms with Crippen LogP contribution in [0.3, 0.4) is 0 Å². The van der Waals surface area contributed by atoms with Gasteiger partial charge >= 0.3 is 0 Å². The van der Waals surface area contributed by atoms with E-state index in [1.165, 1.54) is 23.1 Å². The first-order chi connectivity index (χ1) is 16.0. The van der Waals surface area contributed by atoms with Crippen molar-refractivity contribution in [2.24, 2.45) is 0 Å². The van der Waals surface area contributed by atoms with E-state index in [0.717, 1.165) is 27.3 Å². The number of nitrogens with zero attached hydrogens (tertiary/aromatic N) is 4. The number of aromatic nitrogens is 4. The number of para-hydroxylation sites is 1. The smallest absolute Gasteiger partial charge is 0.236 e. The third-order valence-corrected chi connectivity index (χ3v) is 6.96. The van der Waals surface area contributed by atoms with Crippen LogP contribution >= 0.6 is 39.0 Å². The first kappa shape index (κ1) is 23.5. The predicted molar refractivity (Wildman–Crippen MR) is 136 cm³/mol. The van der Waals surface area contributed by atoms with E-state index < -0.39 is 0 Å². The second-order valence-corrected chi connectivity index (χ2v) is 9.76. The molecule has 2 aromatic heterocycles. The van der Waals surface area contributed by atoms with Gasteiger partial charge in [0.15, 0.2) is 22.2 Å². The van der Waals surface area contributed by atoms with Crippen molar-refractivity contribution in [1.29, 1.82) is 0 Å². The molecule has 1 amide bonds. The average molecular weight is 545 g/mol. The number of hydrogen-bond acceptors (Lipinski definition) is 7. The second-order valence-electron chi connectivity index (χ2n) is 7.04. The van der Waals surface area contributed by atoms with Crippen molar-refractivity contribution in [2.75, 3.05) is 11.1 Å². The van der Waals surface area contributed by atoms with Crippen LogP contribution in [0.25, 0.3) is 11.3 Å². The molecule has 0 saturated carbocycles. The van der Waals surface area contributed by atoms with Gasteiger partial charge in [0.05, 0.1) is 11.4 Å². The number of benzene rings is 2. The fraction of sp³-hybridized carbons (Fsp3) is 0.217. The lowest BCUT2D eigenvalue weighted by molar-refractivity contribution is -0.113. The summed E-state index contributed by atoms with van der Waals surface area (Å²) in [6, 6.07) is 17.5. The zero-order valence-corrected chi connectivity index (χ0v) is 21.3. The molecule has 0 aliphatic carbocycles. The van der Waals surface area contributed by atoms with E-state index in [1.807, 2.05) is 78.4 Å². The first-order valence-electron chi connectivity index (χ1n) is 10.3. The zero-order chi connectivity index (χ0) is 23.2. The molecule has 2 heterocycles. The van der Waals surface area contributed by atoms with Gasteiger partial charge in [-0.05, 0) is 38.1 Å². The molecule has 10 heteroatoms. The molecule has 4 aromatic rings. The lowest BCUT2D eigenvalue weighted by Gasteiger charge is -2.15. The summed E-state index contributed by atoms with van der Waals surface area (Å²) in [4.78, 5) is 17.0. The lowest BCUT2D eigenvalue weighted by Crippen LogP contribution is -2.15. The van der Waals surface area contributed by atoms with Gasteiger partial charge in [0.2, 0.25) is 5.91 Å². The summed E-state index contributed by atoms with van der Waals surface area (Å²) in [5.74, 6) is 1.57. The zero-order valence-electron chi connectivity index (χ0n) is 18.1. The summed E-state index contributed by atoms with van der Waals surface area (Å²) in [5.41, 5.74) is 1.83. The Labute approximate surface area is 208 Å². The van der Waals surface area contributed by atoms with E-state index in [4.69, 9.17) is 4.74 Å². The molecule has 0 spiro atoms. The van der Waals surface area contributed by atoms with Crippen molar-refractivity contribution in [1.82, 2.24) is 19.7 Å². The first-order valence-corrected chi connectivity index (χ1v) is 13.0. The average Bonchev–Trinajstić information content (AvgIpc) is 3.45. The van der Waals surface area contributed by atoms with Gasteiger partial charge in [-0.1, -0.05) is 58.0 Å². The van der Waals surface area contributed by atoms with E-state index in [-0.39, 0.29) is 17.8 Å². The molecule has 2 aromatic carbocycles. The van der Waals surface area contributed by atoms with Crippen molar-refractivity contribution >= 4 is 50.1 Å². The highest BCUT2D eigenvalue weighted by Crippen LogP contribution is 2.27. The predicted octanol–water partition coefficient (Wildman–Crippen LogP) is 6.05. The number of hydrogen-bond donors (Lipinski definition) is 1. The summed E-state index contributed by atoms with van der Waals surface area (Å²) in [5, 5.41) is 14.6. The highest BCUT2D eigenvalue weighted by molar-refractivity contribution is 9.10. The van der Waals surface area contributed by atoms with Crippen molar-refractivity contribution < 1.29 is 9.53 Å². The minimum Gasteiger partial charge on any atom is -0.483 e. The van der Waals surface area contributed by atoms with Crippen LogP contribution < -0.4 is 10.1 Å². The number of thioether (sulfide) groups is 1. The van der Waals surface area contributed by atoms with Gasteiger partial charge in [-0.2, -0.15) is 0 Å². The molecule has 0 radical (unpaired) electrons. The van der Waals surface area contributed by atoms with Crippen LogP contribution in [-0.4, -0.2) is 31.4 Å². The highest BCUT2D eigenvalue weighted by atomic mass is 79.9. The van der Waals surface area contributed by atoms with Gasteiger partial charge < -0.3 is 14.6 Å². The molecule has 4 rings (SSSR count). The number of nitrogens with one attached hydrogen (secondary N) is 1. The topological polar surface area (TPSA) is 81.9 Å². The maximum Gasteiger partial charge on any atom is 0.236 e. The Hall–Kier alpha value is -2.69. The Morgan fingerprint density at radius 1 is 1.18 bits per heavy atom. The van der Waals surface area contributed by atoms with Crippen molar-refractivity contribution in [3.8, 4) is 17.0 Å². The Kier molecular flexibility index (Phi) is 7.79. The van der Waals surface area contributed by atoms with Crippen LogP contribution in [0, 0.1) is 0 Å². The minimum atomic E-state index is -0.268. The van der Waals surface area contributed by atoms with Gasteiger partial charge in [0.25, 0.3) is 0 Å². The fourth-order valence-corrected chi connectivity index (χ4v) is 4.94. The van der Waals surface area contributed by atoms with Gasteiger partial charge in [-0.3, -0.25) is 4.79 Å². The molecule has 0 bridgehead atoms. The molecule has 7 nitrogen and oxygen atoms in total. The molecule has 1 atom stereocenters. The Morgan fingerprint density at radius 3 is 2.67 bits per heavy atom. The van der Waals surface area contributed by atoms with Gasteiger partial charge in [0.1, 0.15) is 5.75 Å². The van der Waals surface area contributed by atoms with E-state index in [0.29, 0.717) is 16.8 Å². The molecular weight excluding hydrogens is 522 g/mol. The number of carbonyl (C=O) groups excluding carboxylic acids is 1.